The van der Waals surface area contributed by atoms with Gasteiger partial charge < -0.3 is 14.9 Å². The Balaban J connectivity index is 1.39. The van der Waals surface area contributed by atoms with E-state index in [1.165, 1.54) is 0 Å². The number of nitrogens with one attached hydrogen (secondary N) is 3. The van der Waals surface area contributed by atoms with Crippen LogP contribution in [0.3, 0.4) is 0 Å². The molecular formula is C26H23N7O2. The number of aromatic nitrogens is 6. The highest BCUT2D eigenvalue weighted by atomic mass is 16.2. The number of aryl methyl sites for hydroxylation is 2. The summed E-state index contributed by atoms with van der Waals surface area (Å²) >= 11 is 0. The molecule has 0 aliphatic carbocycles. The maximum Gasteiger partial charge on any atom is 0.291 e. The molecule has 5 rings (SSSR count). The van der Waals surface area contributed by atoms with E-state index < -0.39 is 0 Å². The van der Waals surface area contributed by atoms with E-state index in [1.54, 1.807) is 53.6 Å². The Hall–Kier alpha value is -4.79. The van der Waals surface area contributed by atoms with Gasteiger partial charge in [-0.3, -0.25) is 14.7 Å². The Morgan fingerprint density at radius 1 is 1.06 bits per heavy atom. The van der Waals surface area contributed by atoms with Gasteiger partial charge in [0.25, 0.3) is 5.91 Å². The van der Waals surface area contributed by atoms with E-state index in [4.69, 9.17) is 0 Å². The first kappa shape index (κ1) is 22.0. The quantitative estimate of drug-likeness (QED) is 0.306. The molecule has 0 atom stereocenters. The van der Waals surface area contributed by atoms with Crippen molar-refractivity contribution in [3.63, 3.8) is 0 Å². The molecule has 0 saturated carbocycles. The van der Waals surface area contributed by atoms with Crippen LogP contribution in [0.25, 0.3) is 23.1 Å². The molecule has 9 nitrogen and oxygen atoms in total. The summed E-state index contributed by atoms with van der Waals surface area (Å²) in [6, 6.07) is 10.7. The summed E-state index contributed by atoms with van der Waals surface area (Å²) in [5.74, 6) is 0.581. The summed E-state index contributed by atoms with van der Waals surface area (Å²) in [4.78, 5) is 37.3. The summed E-state index contributed by atoms with van der Waals surface area (Å²) in [6.45, 7) is 4.46. The zero-order valence-corrected chi connectivity index (χ0v) is 19.2. The van der Waals surface area contributed by atoms with Crippen molar-refractivity contribution in [3.05, 3.63) is 95.2 Å². The van der Waals surface area contributed by atoms with Crippen LogP contribution in [0.4, 0.5) is 5.69 Å². The SMILES string of the molecule is CCn1ccnc1C(=O)Nc1cc(C(=O)c2ccc3c(/C=C/c4ncc[nH]4)n[nH]c3c2)ccc1C. The molecule has 3 heterocycles. The lowest BCUT2D eigenvalue weighted by Gasteiger charge is -2.11. The lowest BCUT2D eigenvalue weighted by Crippen LogP contribution is -2.18. The molecule has 0 radical (unpaired) electrons. The van der Waals surface area contributed by atoms with Gasteiger partial charge in [0.05, 0.1) is 11.2 Å². The third-order valence-corrected chi connectivity index (χ3v) is 5.78. The summed E-state index contributed by atoms with van der Waals surface area (Å²) in [5.41, 5.74) is 3.91. The van der Waals surface area contributed by atoms with Gasteiger partial charge in [-0.2, -0.15) is 5.10 Å². The second-order valence-electron chi connectivity index (χ2n) is 8.03. The van der Waals surface area contributed by atoms with Crippen molar-refractivity contribution in [2.45, 2.75) is 20.4 Å². The summed E-state index contributed by atoms with van der Waals surface area (Å²) in [5, 5.41) is 11.1. The van der Waals surface area contributed by atoms with E-state index >= 15 is 0 Å². The molecule has 0 aliphatic rings. The molecule has 35 heavy (non-hydrogen) atoms. The molecular weight excluding hydrogens is 442 g/mol. The van der Waals surface area contributed by atoms with Gasteiger partial charge in [0.15, 0.2) is 11.6 Å². The first-order chi connectivity index (χ1) is 17.0. The van der Waals surface area contributed by atoms with Crippen molar-refractivity contribution in [1.82, 2.24) is 29.7 Å². The second kappa shape index (κ2) is 9.22. The smallest absolute Gasteiger partial charge is 0.291 e. The summed E-state index contributed by atoms with van der Waals surface area (Å²) in [7, 11) is 0. The zero-order valence-electron chi connectivity index (χ0n) is 19.2. The molecule has 2 aromatic carbocycles. The average Bonchev–Trinajstić information content (AvgIpc) is 3.64. The Morgan fingerprint density at radius 3 is 2.69 bits per heavy atom. The number of aromatic amines is 2. The molecule has 5 aromatic rings. The third kappa shape index (κ3) is 4.39. The predicted octanol–water partition coefficient (Wildman–Crippen LogP) is 4.46. The summed E-state index contributed by atoms with van der Waals surface area (Å²) < 4.78 is 1.76. The number of benzene rings is 2. The van der Waals surface area contributed by atoms with Crippen LogP contribution < -0.4 is 5.32 Å². The van der Waals surface area contributed by atoms with Crippen LogP contribution in [0.1, 0.15) is 50.5 Å². The fourth-order valence-electron chi connectivity index (χ4n) is 3.85. The molecule has 0 fully saturated rings. The van der Waals surface area contributed by atoms with Crippen LogP contribution >= 0.6 is 0 Å². The number of rotatable bonds is 7. The first-order valence-corrected chi connectivity index (χ1v) is 11.2. The number of imidazole rings is 2. The number of anilines is 1. The molecule has 3 N–H and O–H groups in total. The molecule has 1 amide bonds. The van der Waals surface area contributed by atoms with Crippen LogP contribution in [0.5, 0.6) is 0 Å². The zero-order chi connectivity index (χ0) is 24.4. The number of carbonyl (C=O) groups excluding carboxylic acids is 2. The Kier molecular flexibility index (Phi) is 5.80. The van der Waals surface area contributed by atoms with Crippen LogP contribution in [-0.4, -0.2) is 41.4 Å². The van der Waals surface area contributed by atoms with Crippen molar-refractivity contribution in [2.75, 3.05) is 5.32 Å². The van der Waals surface area contributed by atoms with Crippen LogP contribution in [0.15, 0.2) is 61.2 Å². The largest absolute Gasteiger partial charge is 0.345 e. The second-order valence-corrected chi connectivity index (χ2v) is 8.03. The van der Waals surface area contributed by atoms with E-state index in [0.717, 1.165) is 28.0 Å². The van der Waals surface area contributed by atoms with E-state index in [0.29, 0.717) is 29.2 Å². The monoisotopic (exact) mass is 465 g/mol. The first-order valence-electron chi connectivity index (χ1n) is 11.2. The molecule has 174 valence electrons. The highest BCUT2D eigenvalue weighted by Gasteiger charge is 2.16. The Bertz CT molecular complexity index is 1560. The molecule has 0 spiro atoms. The van der Waals surface area contributed by atoms with Gasteiger partial charge >= 0.3 is 0 Å². The number of hydrogen-bond donors (Lipinski definition) is 3. The number of fused-ring (bicyclic) bond motifs is 1. The van der Waals surface area contributed by atoms with Crippen molar-refractivity contribution in [1.29, 1.82) is 0 Å². The lowest BCUT2D eigenvalue weighted by atomic mass is 10.00. The van der Waals surface area contributed by atoms with Gasteiger partial charge in [0, 0.05) is 53.5 Å². The predicted molar refractivity (Wildman–Crippen MR) is 134 cm³/mol. The third-order valence-electron chi connectivity index (χ3n) is 5.78. The van der Waals surface area contributed by atoms with E-state index in [2.05, 4.69) is 30.5 Å². The molecule has 9 heteroatoms. The average molecular weight is 466 g/mol. The van der Waals surface area contributed by atoms with Crippen LogP contribution in [0, 0.1) is 6.92 Å². The number of carbonyl (C=O) groups is 2. The highest BCUT2D eigenvalue weighted by Crippen LogP contribution is 2.23. The minimum absolute atomic E-state index is 0.153. The fraction of sp³-hybridized carbons (Fsp3) is 0.115. The maximum absolute atomic E-state index is 13.3. The van der Waals surface area contributed by atoms with Crippen molar-refractivity contribution < 1.29 is 9.59 Å². The van der Waals surface area contributed by atoms with Crippen molar-refractivity contribution in [2.24, 2.45) is 0 Å². The lowest BCUT2D eigenvalue weighted by molar-refractivity contribution is 0.101. The van der Waals surface area contributed by atoms with Crippen LogP contribution in [0.2, 0.25) is 0 Å². The fourth-order valence-corrected chi connectivity index (χ4v) is 3.85. The van der Waals surface area contributed by atoms with Gasteiger partial charge in [-0.15, -0.1) is 0 Å². The summed E-state index contributed by atoms with van der Waals surface area (Å²) in [6.07, 6.45) is 10.5. The van der Waals surface area contributed by atoms with Crippen molar-refractivity contribution >= 4 is 40.4 Å². The van der Waals surface area contributed by atoms with Gasteiger partial charge in [-0.25, -0.2) is 9.97 Å². The minimum Gasteiger partial charge on any atom is -0.345 e. The number of hydrogen-bond acceptors (Lipinski definition) is 5. The normalized spacial score (nSPS) is 11.4. The molecule has 0 saturated heterocycles. The van der Waals surface area contributed by atoms with E-state index in [9.17, 15) is 9.59 Å². The maximum atomic E-state index is 13.3. The Labute approximate surface area is 200 Å². The van der Waals surface area contributed by atoms with Gasteiger partial charge in [-0.1, -0.05) is 18.2 Å². The minimum atomic E-state index is -0.321. The molecule has 3 aromatic heterocycles. The van der Waals surface area contributed by atoms with Crippen molar-refractivity contribution in [3.8, 4) is 0 Å². The number of nitrogens with zero attached hydrogens (tertiary/aromatic N) is 4. The highest BCUT2D eigenvalue weighted by molar-refractivity contribution is 6.12. The van der Waals surface area contributed by atoms with Gasteiger partial charge in [0.2, 0.25) is 0 Å². The molecule has 0 unspecified atom stereocenters. The van der Waals surface area contributed by atoms with E-state index in [-0.39, 0.29) is 11.7 Å². The standard InChI is InChI=1S/C26H23N7O2/c1-3-33-13-12-29-25(33)26(35)30-21-14-17(5-4-16(21)2)24(34)18-6-7-19-20(31-32-22(19)15-18)8-9-23-27-10-11-28-23/h4-15H,3H2,1-2H3,(H,27,28)(H,30,35)(H,31,32)/b9-8+. The van der Waals surface area contributed by atoms with Crippen LogP contribution in [-0.2, 0) is 6.54 Å². The molecule has 0 aliphatic heterocycles. The van der Waals surface area contributed by atoms with Gasteiger partial charge in [-0.05, 0) is 49.8 Å². The van der Waals surface area contributed by atoms with E-state index in [1.807, 2.05) is 38.1 Å². The topological polar surface area (TPSA) is 121 Å². The number of H-pyrrole nitrogens is 2. The number of amides is 1. The van der Waals surface area contributed by atoms with Gasteiger partial charge in [0.1, 0.15) is 5.82 Å². The Morgan fingerprint density at radius 2 is 1.89 bits per heavy atom. The number of ketones is 1. The molecule has 0 bridgehead atoms.